The van der Waals surface area contributed by atoms with Crippen molar-refractivity contribution in [3.8, 4) is 0 Å². The lowest BCUT2D eigenvalue weighted by atomic mass is 9.95. The predicted octanol–water partition coefficient (Wildman–Crippen LogP) is 4.94. The largest absolute Gasteiger partial charge is 0.348 e. The zero-order chi connectivity index (χ0) is 19.6. The van der Waals surface area contributed by atoms with Gasteiger partial charge in [-0.1, -0.05) is 0 Å². The fourth-order valence-electron chi connectivity index (χ4n) is 4.20. The van der Waals surface area contributed by atoms with Crippen molar-refractivity contribution in [1.29, 1.82) is 0 Å². The van der Waals surface area contributed by atoms with E-state index in [1.54, 1.807) is 12.1 Å². The van der Waals surface area contributed by atoms with E-state index in [1.165, 1.54) is 0 Å². The molecule has 8 nitrogen and oxygen atoms in total. The average molecular weight is 498 g/mol. The summed E-state index contributed by atoms with van der Waals surface area (Å²) in [6, 6.07) is 3.48. The monoisotopic (exact) mass is 496 g/mol. The number of nitro groups is 2. The highest BCUT2D eigenvalue weighted by Crippen LogP contribution is 2.49. The quantitative estimate of drug-likeness (QED) is 0.430. The third-order valence-corrected chi connectivity index (χ3v) is 6.28. The topological polar surface area (TPSA) is 92.8 Å². The maximum Gasteiger partial charge on any atom is 0.290 e. The van der Waals surface area contributed by atoms with Gasteiger partial charge in [-0.25, -0.2) is 0 Å². The van der Waals surface area contributed by atoms with Crippen LogP contribution < -0.4 is 9.80 Å². The highest BCUT2D eigenvalue weighted by molar-refractivity contribution is 9.11. The van der Waals surface area contributed by atoms with Crippen LogP contribution in [-0.4, -0.2) is 16.5 Å². The Morgan fingerprint density at radius 3 is 1.56 bits per heavy atom. The Balaban J connectivity index is 1.98. The van der Waals surface area contributed by atoms with E-state index in [-0.39, 0.29) is 21.2 Å². The summed E-state index contributed by atoms with van der Waals surface area (Å²) in [6.45, 7) is 5.00. The van der Waals surface area contributed by atoms with E-state index >= 15 is 0 Å². The first-order valence-corrected chi connectivity index (χ1v) is 9.72. The second-order valence-corrected chi connectivity index (χ2v) is 8.46. The number of benzene rings is 2. The number of halogens is 2. The number of fused-ring (bicyclic) bond motifs is 6. The fraction of sp³-hybridized carbons (Fsp3) is 0.294. The number of nitrogens with zero attached hydrogens (tertiary/aromatic N) is 4. The highest BCUT2D eigenvalue weighted by Gasteiger charge is 2.39. The number of nitro benzene ring substituents is 2. The van der Waals surface area contributed by atoms with Gasteiger partial charge < -0.3 is 9.80 Å². The molecule has 2 aromatic carbocycles. The van der Waals surface area contributed by atoms with Crippen LogP contribution in [0.5, 0.6) is 0 Å². The van der Waals surface area contributed by atoms with Gasteiger partial charge in [0.15, 0.2) is 0 Å². The smallest absolute Gasteiger partial charge is 0.290 e. The molecule has 2 heterocycles. The molecule has 140 valence electrons. The van der Waals surface area contributed by atoms with Gasteiger partial charge in [-0.15, -0.1) is 0 Å². The molecular formula is C17H14Br2N4O4. The van der Waals surface area contributed by atoms with Gasteiger partial charge in [0.1, 0.15) is 0 Å². The SMILES string of the molecule is Cc1cc(Br)c([N+](=O)[O-])c2c1N1Cc3c(c(C)cc(Br)c3[N+](=O)[O-])N(C2)C1. The van der Waals surface area contributed by atoms with Crippen LogP contribution >= 0.6 is 31.9 Å². The molecule has 0 N–H and O–H groups in total. The molecule has 0 radical (unpaired) electrons. The van der Waals surface area contributed by atoms with Gasteiger partial charge in [-0.2, -0.15) is 0 Å². The minimum absolute atomic E-state index is 0.0537. The summed E-state index contributed by atoms with van der Waals surface area (Å²) in [4.78, 5) is 26.6. The fourth-order valence-corrected chi connectivity index (χ4v) is 5.66. The number of aryl methyl sites for hydroxylation is 2. The van der Waals surface area contributed by atoms with Crippen molar-refractivity contribution in [1.82, 2.24) is 0 Å². The maximum atomic E-state index is 11.7. The van der Waals surface area contributed by atoms with Crippen molar-refractivity contribution in [3.05, 3.63) is 63.6 Å². The summed E-state index contributed by atoms with van der Waals surface area (Å²) in [7, 11) is 0. The van der Waals surface area contributed by atoms with E-state index in [0.29, 0.717) is 39.8 Å². The van der Waals surface area contributed by atoms with Gasteiger partial charge in [0, 0.05) is 0 Å². The maximum absolute atomic E-state index is 11.7. The minimum atomic E-state index is -0.372. The molecule has 0 aromatic heterocycles. The normalized spacial score (nSPS) is 14.7. The standard InChI is InChI=1S/C17H14Br2N4O4/c1-8-3-12(18)16(22(24)25)10-5-21-7-20(14(8)10)6-11-15(21)9(2)4-13(19)17(11)23(26)27/h3-4H,5-7H2,1-2H3. The molecule has 10 heteroatoms. The summed E-state index contributed by atoms with van der Waals surface area (Å²) in [6.07, 6.45) is 0. The first-order chi connectivity index (χ1) is 12.7. The molecule has 0 saturated heterocycles. The Kier molecular flexibility index (Phi) is 4.15. The predicted molar refractivity (Wildman–Crippen MR) is 108 cm³/mol. The van der Waals surface area contributed by atoms with Crippen LogP contribution in [0.1, 0.15) is 22.3 Å². The molecule has 0 fully saturated rings. The van der Waals surface area contributed by atoms with Crippen molar-refractivity contribution in [2.24, 2.45) is 0 Å². The molecule has 0 unspecified atom stereocenters. The van der Waals surface area contributed by atoms with Crippen molar-refractivity contribution in [3.63, 3.8) is 0 Å². The van der Waals surface area contributed by atoms with E-state index in [4.69, 9.17) is 0 Å². The van der Waals surface area contributed by atoms with Crippen molar-refractivity contribution in [2.75, 3.05) is 16.5 Å². The molecule has 2 aromatic rings. The lowest BCUT2D eigenvalue weighted by Gasteiger charge is -2.45. The Labute approximate surface area is 171 Å². The lowest BCUT2D eigenvalue weighted by molar-refractivity contribution is -0.386. The van der Waals surface area contributed by atoms with E-state index < -0.39 is 0 Å². The third kappa shape index (κ3) is 2.61. The molecule has 2 aliphatic rings. The Morgan fingerprint density at radius 1 is 0.852 bits per heavy atom. The zero-order valence-corrected chi connectivity index (χ0v) is 17.6. The van der Waals surface area contributed by atoms with Crippen LogP contribution in [0.25, 0.3) is 0 Å². The van der Waals surface area contributed by atoms with Crippen LogP contribution in [-0.2, 0) is 13.1 Å². The number of anilines is 2. The summed E-state index contributed by atoms with van der Waals surface area (Å²) in [5.41, 5.74) is 4.76. The summed E-state index contributed by atoms with van der Waals surface area (Å²) in [5, 5.41) is 23.3. The van der Waals surface area contributed by atoms with Gasteiger partial charge in [0.05, 0.1) is 61.1 Å². The minimum Gasteiger partial charge on any atom is -0.348 e. The lowest BCUT2D eigenvalue weighted by Crippen LogP contribution is -2.47. The molecule has 0 amide bonds. The summed E-state index contributed by atoms with van der Waals surface area (Å²) >= 11 is 6.64. The average Bonchev–Trinajstić information content (AvgIpc) is 2.52. The van der Waals surface area contributed by atoms with E-state index in [1.807, 2.05) is 23.6 Å². The summed E-state index contributed by atoms with van der Waals surface area (Å²) < 4.78 is 0.898. The third-order valence-electron chi connectivity index (χ3n) is 5.07. The highest BCUT2D eigenvalue weighted by atomic mass is 79.9. The van der Waals surface area contributed by atoms with Crippen molar-refractivity contribution < 1.29 is 9.85 Å². The number of rotatable bonds is 2. The van der Waals surface area contributed by atoms with Crippen LogP contribution in [0.4, 0.5) is 22.7 Å². The summed E-state index contributed by atoms with van der Waals surface area (Å²) in [5.74, 6) is 0. The van der Waals surface area contributed by atoms with Gasteiger partial charge in [0.25, 0.3) is 11.4 Å². The van der Waals surface area contributed by atoms with E-state index in [2.05, 4.69) is 31.9 Å². The Morgan fingerprint density at radius 2 is 1.22 bits per heavy atom. The Hall–Kier alpha value is -2.20. The molecule has 4 rings (SSSR count). The Bertz CT molecular complexity index is 959. The first kappa shape index (κ1) is 18.2. The first-order valence-electron chi connectivity index (χ1n) is 8.13. The van der Waals surface area contributed by atoms with Crippen LogP contribution in [0.15, 0.2) is 21.1 Å². The number of hydrogen-bond donors (Lipinski definition) is 0. The molecule has 0 saturated carbocycles. The molecule has 2 aliphatic heterocycles. The number of hydrogen-bond acceptors (Lipinski definition) is 6. The van der Waals surface area contributed by atoms with Crippen LogP contribution in [0.3, 0.4) is 0 Å². The molecular weight excluding hydrogens is 484 g/mol. The van der Waals surface area contributed by atoms with Gasteiger partial charge in [-0.05, 0) is 69.0 Å². The van der Waals surface area contributed by atoms with E-state index in [9.17, 15) is 20.2 Å². The van der Waals surface area contributed by atoms with Gasteiger partial charge >= 0.3 is 0 Å². The second-order valence-electron chi connectivity index (χ2n) is 6.75. The second kappa shape index (κ2) is 6.16. The van der Waals surface area contributed by atoms with Crippen LogP contribution in [0, 0.1) is 34.1 Å². The van der Waals surface area contributed by atoms with Crippen molar-refractivity contribution >= 4 is 54.6 Å². The van der Waals surface area contributed by atoms with Gasteiger partial charge in [-0.3, -0.25) is 20.2 Å². The molecule has 0 aliphatic carbocycles. The molecule has 0 spiro atoms. The molecule has 2 bridgehead atoms. The van der Waals surface area contributed by atoms with Crippen LogP contribution in [0.2, 0.25) is 0 Å². The van der Waals surface area contributed by atoms with Gasteiger partial charge in [0.2, 0.25) is 0 Å². The zero-order valence-electron chi connectivity index (χ0n) is 14.5. The molecule has 0 atom stereocenters. The van der Waals surface area contributed by atoms with E-state index in [0.717, 1.165) is 22.5 Å². The van der Waals surface area contributed by atoms with Crippen molar-refractivity contribution in [2.45, 2.75) is 26.9 Å². The molecule has 27 heavy (non-hydrogen) atoms.